The van der Waals surface area contributed by atoms with Crippen molar-refractivity contribution in [3.05, 3.63) is 40.6 Å². The molecule has 3 heteroatoms. The van der Waals surface area contributed by atoms with E-state index in [9.17, 15) is 0 Å². The first-order chi connectivity index (χ1) is 9.17. The fraction of sp³-hybridized carbons (Fsp3) is 0.375. The van der Waals surface area contributed by atoms with Gasteiger partial charge in [-0.15, -0.1) is 0 Å². The zero-order valence-electron chi connectivity index (χ0n) is 11.7. The molecule has 2 aromatic rings. The summed E-state index contributed by atoms with van der Waals surface area (Å²) in [5, 5.41) is 3.22. The van der Waals surface area contributed by atoms with Gasteiger partial charge in [0.2, 0.25) is 0 Å². The second-order valence-corrected chi connectivity index (χ2v) is 5.30. The SMILES string of the molecule is CNc1nc(-c2cc(C)cc(C)c2)nc2c1CCC2. The Labute approximate surface area is 114 Å². The average molecular weight is 253 g/mol. The highest BCUT2D eigenvalue weighted by atomic mass is 15.0. The van der Waals surface area contributed by atoms with Crippen molar-refractivity contribution in [3.8, 4) is 11.4 Å². The van der Waals surface area contributed by atoms with E-state index in [1.807, 2.05) is 7.05 Å². The summed E-state index contributed by atoms with van der Waals surface area (Å²) in [5.41, 5.74) is 6.14. The van der Waals surface area contributed by atoms with Crippen LogP contribution in [0.5, 0.6) is 0 Å². The summed E-state index contributed by atoms with van der Waals surface area (Å²) < 4.78 is 0. The lowest BCUT2D eigenvalue weighted by Crippen LogP contribution is -2.03. The molecule has 3 nitrogen and oxygen atoms in total. The number of anilines is 1. The molecule has 0 aliphatic heterocycles. The number of hydrogen-bond acceptors (Lipinski definition) is 3. The maximum absolute atomic E-state index is 4.76. The van der Waals surface area contributed by atoms with E-state index in [-0.39, 0.29) is 0 Å². The molecule has 0 radical (unpaired) electrons. The number of fused-ring (bicyclic) bond motifs is 1. The summed E-state index contributed by atoms with van der Waals surface area (Å²) in [6.07, 6.45) is 3.36. The van der Waals surface area contributed by atoms with E-state index in [4.69, 9.17) is 9.97 Å². The van der Waals surface area contributed by atoms with Crippen LogP contribution in [0.25, 0.3) is 11.4 Å². The van der Waals surface area contributed by atoms with Gasteiger partial charge in [0.25, 0.3) is 0 Å². The average Bonchev–Trinajstić information content (AvgIpc) is 2.84. The molecule has 1 aromatic heterocycles. The van der Waals surface area contributed by atoms with Gasteiger partial charge in [-0.1, -0.05) is 17.2 Å². The molecule has 0 unspecified atom stereocenters. The van der Waals surface area contributed by atoms with Gasteiger partial charge in [-0.3, -0.25) is 0 Å². The quantitative estimate of drug-likeness (QED) is 0.892. The number of aromatic nitrogens is 2. The molecule has 0 amide bonds. The summed E-state index contributed by atoms with van der Waals surface area (Å²) in [5.74, 6) is 1.84. The fourth-order valence-corrected chi connectivity index (χ4v) is 2.87. The van der Waals surface area contributed by atoms with Crippen molar-refractivity contribution in [3.63, 3.8) is 0 Å². The van der Waals surface area contributed by atoms with Crippen molar-refractivity contribution in [1.82, 2.24) is 9.97 Å². The third kappa shape index (κ3) is 2.21. The molecule has 98 valence electrons. The number of rotatable bonds is 2. The van der Waals surface area contributed by atoms with Gasteiger partial charge in [0.05, 0.1) is 0 Å². The van der Waals surface area contributed by atoms with E-state index in [0.29, 0.717) is 0 Å². The van der Waals surface area contributed by atoms with Crippen molar-refractivity contribution in [2.24, 2.45) is 0 Å². The van der Waals surface area contributed by atoms with Gasteiger partial charge < -0.3 is 5.32 Å². The maximum Gasteiger partial charge on any atom is 0.161 e. The fourth-order valence-electron chi connectivity index (χ4n) is 2.87. The summed E-state index contributed by atoms with van der Waals surface area (Å²) in [7, 11) is 1.94. The smallest absolute Gasteiger partial charge is 0.161 e. The van der Waals surface area contributed by atoms with E-state index in [1.54, 1.807) is 0 Å². The van der Waals surface area contributed by atoms with E-state index in [2.05, 4.69) is 37.4 Å². The maximum atomic E-state index is 4.76. The van der Waals surface area contributed by atoms with Crippen molar-refractivity contribution in [2.75, 3.05) is 12.4 Å². The first-order valence-corrected chi connectivity index (χ1v) is 6.83. The van der Waals surface area contributed by atoms with Crippen LogP contribution < -0.4 is 5.32 Å². The first-order valence-electron chi connectivity index (χ1n) is 6.83. The molecular formula is C16H19N3. The minimum Gasteiger partial charge on any atom is -0.373 e. The Morgan fingerprint density at radius 3 is 2.42 bits per heavy atom. The number of benzene rings is 1. The van der Waals surface area contributed by atoms with Crippen molar-refractivity contribution in [2.45, 2.75) is 33.1 Å². The molecule has 0 fully saturated rings. The van der Waals surface area contributed by atoms with Crippen LogP contribution in [0.3, 0.4) is 0 Å². The Morgan fingerprint density at radius 1 is 1.00 bits per heavy atom. The second-order valence-electron chi connectivity index (χ2n) is 5.30. The molecule has 0 spiro atoms. The lowest BCUT2D eigenvalue weighted by atomic mass is 10.1. The largest absolute Gasteiger partial charge is 0.373 e. The van der Waals surface area contributed by atoms with Crippen LogP contribution in [0.1, 0.15) is 28.8 Å². The Bertz CT molecular complexity index is 612. The lowest BCUT2D eigenvalue weighted by molar-refractivity contribution is 0.900. The van der Waals surface area contributed by atoms with Crippen LogP contribution in [-0.2, 0) is 12.8 Å². The van der Waals surface area contributed by atoms with Crippen LogP contribution in [0.2, 0.25) is 0 Å². The van der Waals surface area contributed by atoms with Crippen LogP contribution in [0.15, 0.2) is 18.2 Å². The van der Waals surface area contributed by atoms with Gasteiger partial charge in [-0.05, 0) is 45.2 Å². The van der Waals surface area contributed by atoms with Gasteiger partial charge >= 0.3 is 0 Å². The molecule has 1 N–H and O–H groups in total. The van der Waals surface area contributed by atoms with E-state index < -0.39 is 0 Å². The molecule has 1 heterocycles. The van der Waals surface area contributed by atoms with Crippen LogP contribution in [0, 0.1) is 13.8 Å². The van der Waals surface area contributed by atoms with Crippen LogP contribution >= 0.6 is 0 Å². The predicted octanol–water partition coefficient (Wildman–Crippen LogP) is 3.29. The van der Waals surface area contributed by atoms with Crippen molar-refractivity contribution < 1.29 is 0 Å². The minimum atomic E-state index is 0.844. The summed E-state index contributed by atoms with van der Waals surface area (Å²) in [4.78, 5) is 9.46. The highest BCUT2D eigenvalue weighted by Crippen LogP contribution is 2.29. The van der Waals surface area contributed by atoms with E-state index >= 15 is 0 Å². The molecule has 0 saturated carbocycles. The highest BCUT2D eigenvalue weighted by Gasteiger charge is 2.19. The van der Waals surface area contributed by atoms with Gasteiger partial charge in [0, 0.05) is 23.9 Å². The van der Waals surface area contributed by atoms with Gasteiger partial charge in [0.15, 0.2) is 5.82 Å². The Kier molecular flexibility index (Phi) is 2.97. The van der Waals surface area contributed by atoms with Crippen LogP contribution in [-0.4, -0.2) is 17.0 Å². The van der Waals surface area contributed by atoms with Crippen molar-refractivity contribution >= 4 is 5.82 Å². The molecule has 0 bridgehead atoms. The Balaban J connectivity index is 2.15. The van der Waals surface area contributed by atoms with Gasteiger partial charge in [-0.25, -0.2) is 9.97 Å². The number of nitrogens with zero attached hydrogens (tertiary/aromatic N) is 2. The molecular weight excluding hydrogens is 234 g/mol. The topological polar surface area (TPSA) is 37.8 Å². The molecule has 1 aliphatic carbocycles. The molecule has 3 rings (SSSR count). The van der Waals surface area contributed by atoms with Gasteiger partial charge in [-0.2, -0.15) is 0 Å². The molecule has 1 aliphatic rings. The van der Waals surface area contributed by atoms with E-state index in [1.165, 1.54) is 28.8 Å². The molecule has 1 aromatic carbocycles. The summed E-state index contributed by atoms with van der Waals surface area (Å²) in [6, 6.07) is 6.49. The number of hydrogen-bond donors (Lipinski definition) is 1. The standard InChI is InChI=1S/C16H19N3/c1-10-7-11(2)9-12(8-10)15-18-14-6-4-5-13(14)16(17-3)19-15/h7-9H,4-6H2,1-3H3,(H,17,18,19). The first kappa shape index (κ1) is 12.2. The highest BCUT2D eigenvalue weighted by molar-refractivity contribution is 5.62. The molecule has 19 heavy (non-hydrogen) atoms. The van der Waals surface area contributed by atoms with Crippen LogP contribution in [0.4, 0.5) is 5.82 Å². The summed E-state index contributed by atoms with van der Waals surface area (Å²) in [6.45, 7) is 4.23. The lowest BCUT2D eigenvalue weighted by Gasteiger charge is -2.10. The zero-order valence-corrected chi connectivity index (χ0v) is 11.7. The van der Waals surface area contributed by atoms with Crippen molar-refractivity contribution in [1.29, 1.82) is 0 Å². The normalized spacial score (nSPS) is 13.4. The number of nitrogens with one attached hydrogen (secondary N) is 1. The third-order valence-corrected chi connectivity index (χ3v) is 3.65. The Morgan fingerprint density at radius 2 is 1.74 bits per heavy atom. The monoisotopic (exact) mass is 253 g/mol. The zero-order chi connectivity index (χ0) is 13.4. The predicted molar refractivity (Wildman–Crippen MR) is 78.5 cm³/mol. The third-order valence-electron chi connectivity index (χ3n) is 3.65. The van der Waals surface area contributed by atoms with Gasteiger partial charge in [0.1, 0.15) is 5.82 Å². The molecule has 0 saturated heterocycles. The summed E-state index contributed by atoms with van der Waals surface area (Å²) >= 11 is 0. The second kappa shape index (κ2) is 4.65. The molecule has 0 atom stereocenters. The minimum absolute atomic E-state index is 0.844. The number of aryl methyl sites for hydroxylation is 3. The van der Waals surface area contributed by atoms with E-state index in [0.717, 1.165) is 30.0 Å². The Hall–Kier alpha value is -1.90.